The predicted octanol–water partition coefficient (Wildman–Crippen LogP) is 4.77. The number of hydrogen-bond acceptors (Lipinski definition) is 4. The number of rotatable bonds is 4. The molecule has 0 atom stereocenters. The van der Waals surface area contributed by atoms with Crippen molar-refractivity contribution in [3.05, 3.63) is 39.3 Å². The molecule has 5 heteroatoms. The van der Waals surface area contributed by atoms with Crippen LogP contribution >= 0.6 is 22.9 Å². The average molecular weight is 324 g/mol. The van der Waals surface area contributed by atoms with Gasteiger partial charge in [-0.3, -0.25) is 0 Å². The largest absolute Gasteiger partial charge is 0.378 e. The minimum absolute atomic E-state index is 0.105. The van der Waals surface area contributed by atoms with Crippen molar-refractivity contribution in [3.63, 3.8) is 0 Å². The Labute approximate surface area is 136 Å². The van der Waals surface area contributed by atoms with E-state index in [-0.39, 0.29) is 5.41 Å². The quantitative estimate of drug-likeness (QED) is 0.878. The highest BCUT2D eigenvalue weighted by molar-refractivity contribution is 7.09. The van der Waals surface area contributed by atoms with Gasteiger partial charge < -0.3 is 10.2 Å². The molecule has 21 heavy (non-hydrogen) atoms. The molecule has 0 unspecified atom stereocenters. The number of benzene rings is 1. The van der Waals surface area contributed by atoms with Gasteiger partial charge in [-0.25, -0.2) is 4.98 Å². The zero-order valence-electron chi connectivity index (χ0n) is 13.2. The van der Waals surface area contributed by atoms with Gasteiger partial charge in [-0.05, 0) is 12.1 Å². The second-order valence-electron chi connectivity index (χ2n) is 6.28. The lowest BCUT2D eigenvalue weighted by Gasteiger charge is -2.19. The number of nitrogens with zero attached hydrogens (tertiary/aromatic N) is 2. The Balaban J connectivity index is 2.14. The molecule has 0 aliphatic rings. The Morgan fingerprint density at radius 3 is 2.57 bits per heavy atom. The third-order valence-electron chi connectivity index (χ3n) is 3.09. The highest BCUT2D eigenvalue weighted by Gasteiger charge is 2.18. The number of para-hydroxylation sites is 1. The zero-order chi connectivity index (χ0) is 15.6. The van der Waals surface area contributed by atoms with Crippen molar-refractivity contribution in [1.29, 1.82) is 0 Å². The summed E-state index contributed by atoms with van der Waals surface area (Å²) in [6, 6.07) is 5.90. The summed E-state index contributed by atoms with van der Waals surface area (Å²) in [5.41, 5.74) is 3.20. The molecule has 0 aliphatic carbocycles. The smallest absolute Gasteiger partial charge is 0.0982 e. The highest BCUT2D eigenvalue weighted by atomic mass is 35.5. The van der Waals surface area contributed by atoms with E-state index in [1.165, 1.54) is 5.01 Å². The summed E-state index contributed by atoms with van der Waals surface area (Å²) >= 11 is 7.99. The Morgan fingerprint density at radius 1 is 1.29 bits per heavy atom. The van der Waals surface area contributed by atoms with Crippen molar-refractivity contribution in [3.8, 4) is 0 Å². The second kappa shape index (κ2) is 6.24. The van der Waals surface area contributed by atoms with Crippen LogP contribution in [0.1, 0.15) is 31.5 Å². The van der Waals surface area contributed by atoms with Crippen LogP contribution in [-0.4, -0.2) is 19.1 Å². The van der Waals surface area contributed by atoms with Crippen molar-refractivity contribution in [2.75, 3.05) is 24.3 Å². The summed E-state index contributed by atoms with van der Waals surface area (Å²) < 4.78 is 0. The van der Waals surface area contributed by atoms with Gasteiger partial charge in [0.25, 0.3) is 0 Å². The van der Waals surface area contributed by atoms with Crippen molar-refractivity contribution in [2.45, 2.75) is 32.7 Å². The summed E-state index contributed by atoms with van der Waals surface area (Å²) in [4.78, 5) is 6.72. The molecule has 2 aromatic rings. The molecule has 1 heterocycles. The van der Waals surface area contributed by atoms with Crippen LogP contribution in [-0.2, 0) is 12.0 Å². The molecular weight excluding hydrogens is 302 g/mol. The number of anilines is 2. The monoisotopic (exact) mass is 323 g/mol. The van der Waals surface area contributed by atoms with E-state index in [1.807, 2.05) is 37.2 Å². The fourth-order valence-corrected chi connectivity index (χ4v) is 3.28. The molecule has 3 nitrogen and oxygen atoms in total. The van der Waals surface area contributed by atoms with E-state index in [2.05, 4.69) is 31.5 Å². The van der Waals surface area contributed by atoms with Gasteiger partial charge in [0.1, 0.15) is 0 Å². The molecule has 1 N–H and O–H groups in total. The summed E-state index contributed by atoms with van der Waals surface area (Å²) in [6.07, 6.45) is 0. The topological polar surface area (TPSA) is 28.2 Å². The molecule has 0 aliphatic heterocycles. The van der Waals surface area contributed by atoms with Crippen LogP contribution in [0.25, 0.3) is 0 Å². The van der Waals surface area contributed by atoms with Gasteiger partial charge in [0.05, 0.1) is 33.6 Å². The third-order valence-corrected chi connectivity index (χ3v) is 4.71. The van der Waals surface area contributed by atoms with Crippen LogP contribution in [0.3, 0.4) is 0 Å². The average Bonchev–Trinajstić information content (AvgIpc) is 2.84. The summed E-state index contributed by atoms with van der Waals surface area (Å²) in [7, 11) is 3.99. The van der Waals surface area contributed by atoms with E-state index >= 15 is 0 Å². The molecule has 114 valence electrons. The van der Waals surface area contributed by atoms with Crippen LogP contribution in [0.15, 0.2) is 23.6 Å². The van der Waals surface area contributed by atoms with Crippen LogP contribution in [0, 0.1) is 0 Å². The second-order valence-corrected chi connectivity index (χ2v) is 7.54. The van der Waals surface area contributed by atoms with Gasteiger partial charge in [-0.1, -0.05) is 38.4 Å². The van der Waals surface area contributed by atoms with Gasteiger partial charge in [-0.15, -0.1) is 11.3 Å². The number of nitrogens with one attached hydrogen (secondary N) is 1. The molecular formula is C16H22ClN3S. The Kier molecular flexibility index (Phi) is 4.79. The van der Waals surface area contributed by atoms with E-state index in [4.69, 9.17) is 16.6 Å². The first-order chi connectivity index (χ1) is 9.79. The number of halogens is 1. The standard InChI is InChI=1S/C16H22ClN3S/c1-16(2,3)15-19-11(10-21-15)9-18-13-8-6-7-12(17)14(13)20(4)5/h6-8,10,18H,9H2,1-5H3. The van der Waals surface area contributed by atoms with Gasteiger partial charge >= 0.3 is 0 Å². The Morgan fingerprint density at radius 2 is 2.00 bits per heavy atom. The molecule has 2 rings (SSSR count). The summed E-state index contributed by atoms with van der Waals surface area (Å²) in [5, 5.41) is 7.47. The molecule has 1 aromatic heterocycles. The maximum absolute atomic E-state index is 6.27. The first-order valence-corrected chi connectivity index (χ1v) is 8.19. The van der Waals surface area contributed by atoms with Gasteiger partial charge in [-0.2, -0.15) is 0 Å². The normalized spacial score (nSPS) is 11.5. The zero-order valence-corrected chi connectivity index (χ0v) is 14.8. The van der Waals surface area contributed by atoms with Crippen LogP contribution in [0.2, 0.25) is 5.02 Å². The van der Waals surface area contributed by atoms with E-state index in [0.717, 1.165) is 22.1 Å². The molecule has 0 saturated carbocycles. The van der Waals surface area contributed by atoms with E-state index in [9.17, 15) is 0 Å². The number of aromatic nitrogens is 1. The maximum Gasteiger partial charge on any atom is 0.0982 e. The van der Waals surface area contributed by atoms with Gasteiger partial charge in [0, 0.05) is 24.9 Å². The minimum Gasteiger partial charge on any atom is -0.378 e. The fourth-order valence-electron chi connectivity index (χ4n) is 2.03. The highest BCUT2D eigenvalue weighted by Crippen LogP contribution is 2.33. The number of thiazole rings is 1. The first-order valence-electron chi connectivity index (χ1n) is 6.93. The molecule has 0 fully saturated rings. The molecule has 0 bridgehead atoms. The SMILES string of the molecule is CN(C)c1c(Cl)cccc1NCc1csc(C(C)(C)C)n1. The maximum atomic E-state index is 6.27. The fraction of sp³-hybridized carbons (Fsp3) is 0.438. The van der Waals surface area contributed by atoms with Gasteiger partial charge in [0.15, 0.2) is 0 Å². The molecule has 0 amide bonds. The van der Waals surface area contributed by atoms with Crippen LogP contribution in [0.5, 0.6) is 0 Å². The molecule has 0 spiro atoms. The van der Waals surface area contributed by atoms with E-state index in [0.29, 0.717) is 6.54 Å². The van der Waals surface area contributed by atoms with E-state index in [1.54, 1.807) is 11.3 Å². The van der Waals surface area contributed by atoms with Crippen molar-refractivity contribution in [1.82, 2.24) is 4.98 Å². The summed E-state index contributed by atoms with van der Waals surface area (Å²) in [6.45, 7) is 7.26. The lowest BCUT2D eigenvalue weighted by Crippen LogP contribution is -2.13. The van der Waals surface area contributed by atoms with Crippen molar-refractivity contribution in [2.24, 2.45) is 0 Å². The van der Waals surface area contributed by atoms with Crippen LogP contribution < -0.4 is 10.2 Å². The summed E-state index contributed by atoms with van der Waals surface area (Å²) in [5.74, 6) is 0. The lowest BCUT2D eigenvalue weighted by atomic mass is 9.98. The van der Waals surface area contributed by atoms with Gasteiger partial charge in [0.2, 0.25) is 0 Å². The lowest BCUT2D eigenvalue weighted by molar-refractivity contribution is 0.583. The number of hydrogen-bond donors (Lipinski definition) is 1. The van der Waals surface area contributed by atoms with Crippen molar-refractivity contribution >= 4 is 34.3 Å². The molecule has 1 aromatic carbocycles. The molecule has 0 radical (unpaired) electrons. The van der Waals surface area contributed by atoms with Crippen molar-refractivity contribution < 1.29 is 0 Å². The minimum atomic E-state index is 0.105. The van der Waals surface area contributed by atoms with Crippen LogP contribution in [0.4, 0.5) is 11.4 Å². The Hall–Kier alpha value is -1.26. The first kappa shape index (κ1) is 16.1. The Bertz CT molecular complexity index is 614. The third kappa shape index (κ3) is 3.89. The molecule has 0 saturated heterocycles. The predicted molar refractivity (Wildman–Crippen MR) is 93.9 cm³/mol. The van der Waals surface area contributed by atoms with E-state index < -0.39 is 0 Å².